The summed E-state index contributed by atoms with van der Waals surface area (Å²) in [7, 11) is 0. The van der Waals surface area contributed by atoms with Crippen LogP contribution in [0.25, 0.3) is 0 Å². The Hall–Kier alpha value is 0.680. The molecule has 79 valence electrons. The maximum atomic E-state index is 0. The van der Waals surface area contributed by atoms with Crippen LogP contribution in [-0.4, -0.2) is 43.8 Å². The molecule has 11 heavy (non-hydrogen) atoms. The van der Waals surface area contributed by atoms with Crippen molar-refractivity contribution in [3.63, 3.8) is 0 Å². The number of hydrogen-bond donors (Lipinski definition) is 0. The zero-order valence-corrected chi connectivity index (χ0v) is 6.76. The molecule has 0 atom stereocenters. The van der Waals surface area contributed by atoms with Crippen molar-refractivity contribution in [3.05, 3.63) is 7.43 Å². The second-order valence-corrected chi connectivity index (χ2v) is 0. The third kappa shape index (κ3) is 1740. The summed E-state index contributed by atoms with van der Waals surface area (Å²) < 4.78 is 0. The van der Waals surface area contributed by atoms with Gasteiger partial charge in [-0.15, -0.1) is 0 Å². The Morgan fingerprint density at radius 1 is 0.364 bits per heavy atom. The van der Waals surface area contributed by atoms with Gasteiger partial charge in [0.2, 0.25) is 0 Å². The molecule has 0 fully saturated rings. The van der Waals surface area contributed by atoms with Crippen molar-refractivity contribution < 1.29 is 77.1 Å². The second-order valence-electron chi connectivity index (χ2n) is 0. The first-order chi connectivity index (χ1) is 0. The molecule has 1 radical (unpaired) electrons. The molecule has 0 saturated heterocycles. The van der Waals surface area contributed by atoms with Crippen LogP contribution in [0.5, 0.6) is 0 Å². The Balaban J connectivity index is 0. The molecule has 8 nitrogen and oxygen atoms in total. The summed E-state index contributed by atoms with van der Waals surface area (Å²) in [6.45, 7) is 0. The first-order valence-electron chi connectivity index (χ1n) is 0. The maximum Gasteiger partial charge on any atom is 4.00 e. The molecule has 0 aliphatic carbocycles. The van der Waals surface area contributed by atoms with Gasteiger partial charge in [-0.05, 0) is 0 Å². The predicted octanol–water partition coefficient (Wildman–Crippen LogP) is -1.34. The molecule has 0 aliphatic rings. The van der Waals surface area contributed by atoms with Gasteiger partial charge in [0.05, 0.1) is 0 Å². The van der Waals surface area contributed by atoms with Gasteiger partial charge in [0.25, 0.3) is 0 Å². The van der Waals surface area contributed by atoms with Crippen molar-refractivity contribution in [2.75, 3.05) is 0 Å². The summed E-state index contributed by atoms with van der Waals surface area (Å²) in [6.07, 6.45) is 0. The van der Waals surface area contributed by atoms with Crippen LogP contribution >= 0.6 is 0 Å². The largest absolute Gasteiger partial charge is 4.00 e. The molecule has 8 N–H and O–H groups in total. The van der Waals surface area contributed by atoms with E-state index in [4.69, 9.17) is 0 Å². The van der Waals surface area contributed by atoms with E-state index in [-0.39, 0.29) is 84.5 Å². The van der Waals surface area contributed by atoms with Crippen LogP contribution in [0.15, 0.2) is 0 Å². The van der Waals surface area contributed by atoms with E-state index in [2.05, 4.69) is 0 Å². The average Bonchev–Trinajstić information content (AvgIpc) is 0. The molecule has 0 bridgehead atoms. The minimum absolute atomic E-state index is 0. The van der Waals surface area contributed by atoms with Gasteiger partial charge >= 0.3 is 40.7 Å². The third-order valence-electron chi connectivity index (χ3n) is 0. The van der Waals surface area contributed by atoms with E-state index in [0.717, 1.165) is 0 Å². The van der Waals surface area contributed by atoms with Crippen LogP contribution < -0.4 is 0 Å². The van der Waals surface area contributed by atoms with Gasteiger partial charge in [0.1, 0.15) is 0 Å². The monoisotopic (exact) mass is 265 g/mol. The predicted molar refractivity (Wildman–Crippen MR) is 18.7 cm³/mol. The molecule has 0 aromatic heterocycles. The molecule has 10 heteroatoms. The Bertz CT molecular complexity index is 14.1. The molecule has 0 aromatic rings. The van der Waals surface area contributed by atoms with Crippen LogP contribution in [0.3, 0.4) is 0 Å². The van der Waals surface area contributed by atoms with E-state index >= 15 is 0 Å². The summed E-state index contributed by atoms with van der Waals surface area (Å²) in [5, 5.41) is 0. The summed E-state index contributed by atoms with van der Waals surface area (Å²) in [5.74, 6) is 0. The Morgan fingerprint density at radius 2 is 0.364 bits per heavy atom. The first kappa shape index (κ1) is 2880. The summed E-state index contributed by atoms with van der Waals surface area (Å²) in [5.41, 5.74) is 0. The van der Waals surface area contributed by atoms with Crippen molar-refractivity contribution in [2.45, 2.75) is 0 Å². The average molecular weight is 266 g/mol. The minimum atomic E-state index is 0. The number of rotatable bonds is 0. The Labute approximate surface area is 85.0 Å². The SMILES string of the molecule is [C+4].[Co+2].[Ni+2].[OH-].[OH-].[OH-].[OH-].[OH-].[OH-].[OH-].[OH-]. The molecule has 0 spiro atoms. The van der Waals surface area contributed by atoms with E-state index in [1.807, 2.05) is 0 Å². The van der Waals surface area contributed by atoms with Gasteiger partial charge in [-0.2, -0.15) is 0 Å². The van der Waals surface area contributed by atoms with Crippen molar-refractivity contribution in [1.29, 1.82) is 0 Å². The fourth-order valence-corrected chi connectivity index (χ4v) is 0. The molecule has 0 aromatic carbocycles. The first-order valence-corrected chi connectivity index (χ1v) is 0. The zero-order chi connectivity index (χ0) is 0. The molecule has 0 heterocycles. The fourth-order valence-electron chi connectivity index (χ4n) is 0. The van der Waals surface area contributed by atoms with Crippen molar-refractivity contribution in [2.24, 2.45) is 0 Å². The molecular weight excluding hydrogens is 258 g/mol. The maximum absolute atomic E-state index is 0. The quantitative estimate of drug-likeness (QED) is 0.473. The molecule has 0 rings (SSSR count). The van der Waals surface area contributed by atoms with Gasteiger partial charge in [0, 0.05) is 0 Å². The van der Waals surface area contributed by atoms with Crippen molar-refractivity contribution in [3.8, 4) is 0 Å². The van der Waals surface area contributed by atoms with Crippen molar-refractivity contribution >= 4 is 0 Å². The standard InChI is InChI=1S/C.Co.Ni.8H2O/h;;;8*1H2/q+4;2*+2;;;;;;;;/p-8. The molecule has 0 saturated carbocycles. The van der Waals surface area contributed by atoms with Gasteiger partial charge in [0.15, 0.2) is 0 Å². The second kappa shape index (κ2) is 2160. The van der Waals surface area contributed by atoms with Crippen LogP contribution in [0, 0.1) is 7.43 Å². The van der Waals surface area contributed by atoms with Crippen LogP contribution in [0.2, 0.25) is 0 Å². The van der Waals surface area contributed by atoms with E-state index in [0.29, 0.717) is 0 Å². The molecule has 0 unspecified atom stereocenters. The summed E-state index contributed by atoms with van der Waals surface area (Å²) in [6, 6.07) is 0. The van der Waals surface area contributed by atoms with E-state index in [1.54, 1.807) is 0 Å². The van der Waals surface area contributed by atoms with Gasteiger partial charge in [-0.3, -0.25) is 0 Å². The van der Waals surface area contributed by atoms with Gasteiger partial charge < -0.3 is 43.8 Å². The van der Waals surface area contributed by atoms with Gasteiger partial charge in [-0.1, -0.05) is 0 Å². The number of hydrogen-bond acceptors (Lipinski definition) is 8. The van der Waals surface area contributed by atoms with Crippen LogP contribution in [-0.2, 0) is 33.3 Å². The van der Waals surface area contributed by atoms with Crippen molar-refractivity contribution in [1.82, 2.24) is 0 Å². The normalized spacial score (nSPS) is 0. The zero-order valence-electron chi connectivity index (χ0n) is 4.73. The van der Waals surface area contributed by atoms with E-state index < -0.39 is 0 Å². The molecule has 0 aliphatic heterocycles. The Kier molecular flexibility index (Phi) is 567000. The molecular formula is CH8CoNiO8. The van der Waals surface area contributed by atoms with Crippen LogP contribution in [0.1, 0.15) is 0 Å². The summed E-state index contributed by atoms with van der Waals surface area (Å²) >= 11 is 0. The fraction of sp³-hybridized carbons (Fsp3) is 0. The minimum Gasteiger partial charge on any atom is -0.870 e. The van der Waals surface area contributed by atoms with E-state index in [9.17, 15) is 0 Å². The van der Waals surface area contributed by atoms with Crippen LogP contribution in [0.4, 0.5) is 0 Å². The smallest absolute Gasteiger partial charge is 0.870 e. The topological polar surface area (TPSA) is 240 Å². The van der Waals surface area contributed by atoms with Gasteiger partial charge in [-0.25, -0.2) is 0 Å². The summed E-state index contributed by atoms with van der Waals surface area (Å²) in [4.78, 5) is 0. The van der Waals surface area contributed by atoms with E-state index in [1.165, 1.54) is 0 Å². The third-order valence-corrected chi connectivity index (χ3v) is 0. The Morgan fingerprint density at radius 3 is 0.364 bits per heavy atom. The molecule has 0 amide bonds.